The maximum atomic E-state index is 5.42. The molecule has 0 atom stereocenters. The fourth-order valence-corrected chi connectivity index (χ4v) is 2.87. The Bertz CT molecular complexity index is 192. The Balaban J connectivity index is 0. The summed E-state index contributed by atoms with van der Waals surface area (Å²) in [5, 5.41) is 2.39. The van der Waals surface area contributed by atoms with Crippen LogP contribution in [0.5, 0.6) is 0 Å². The topological polar surface area (TPSA) is 41.3 Å². The van der Waals surface area contributed by atoms with Gasteiger partial charge in [0, 0.05) is 19.6 Å². The van der Waals surface area contributed by atoms with Crippen molar-refractivity contribution < 1.29 is 0 Å². The summed E-state index contributed by atoms with van der Waals surface area (Å²) in [4.78, 5) is 0. The molecule has 0 aromatic carbocycles. The van der Waals surface area contributed by atoms with Crippen molar-refractivity contribution in [3.8, 4) is 0 Å². The van der Waals surface area contributed by atoms with Gasteiger partial charge in [-0.2, -0.15) is 0 Å². The maximum absolute atomic E-state index is 5.42. The van der Waals surface area contributed by atoms with Gasteiger partial charge in [-0.1, -0.05) is 98.3 Å². The number of nitrogens with two attached hydrogens (primary N) is 1. The van der Waals surface area contributed by atoms with Crippen molar-refractivity contribution in [1.82, 2.24) is 10.4 Å². The van der Waals surface area contributed by atoms with Gasteiger partial charge in [-0.05, 0) is 32.2 Å². The Morgan fingerprint density at radius 2 is 0.962 bits per heavy atom. The molecule has 0 saturated carbocycles. The molecule has 0 heterocycles. The molecule has 0 radical (unpaired) electrons. The number of hydrogen-bond donors (Lipinski definition) is 2. The highest BCUT2D eigenvalue weighted by Gasteiger charge is 2.00. The summed E-state index contributed by atoms with van der Waals surface area (Å²) in [7, 11) is 0. The molecule has 160 valence electrons. The predicted octanol–water partition coefficient (Wildman–Crippen LogP) is 6.67. The standard InChI is InChI=1S/C12H27N.C11H26N2/c1-2-3-4-5-6-7-8-9-10-11-12-13;1-4-7-10-13(11-8-5-2)12-9-6-3/h2-13H2,1H3;12H,4-11H2,1-3H3. The summed E-state index contributed by atoms with van der Waals surface area (Å²) >= 11 is 0. The molecular formula is C23H53N3. The van der Waals surface area contributed by atoms with E-state index < -0.39 is 0 Å². The summed E-state index contributed by atoms with van der Waals surface area (Å²) in [6, 6.07) is 0. The highest BCUT2D eigenvalue weighted by molar-refractivity contribution is 4.52. The number of nitrogens with zero attached hydrogens (tertiary/aromatic N) is 1. The number of unbranched alkanes of at least 4 members (excludes halogenated alkanes) is 11. The Morgan fingerprint density at radius 1 is 0.538 bits per heavy atom. The first-order valence-electron chi connectivity index (χ1n) is 11.9. The van der Waals surface area contributed by atoms with Crippen molar-refractivity contribution in [2.24, 2.45) is 5.73 Å². The van der Waals surface area contributed by atoms with Crippen LogP contribution in [0.3, 0.4) is 0 Å². The van der Waals surface area contributed by atoms with Crippen molar-refractivity contribution >= 4 is 0 Å². The maximum Gasteiger partial charge on any atom is 0.0130 e. The van der Waals surface area contributed by atoms with Crippen LogP contribution in [0.2, 0.25) is 0 Å². The van der Waals surface area contributed by atoms with Crippen molar-refractivity contribution in [2.75, 3.05) is 26.2 Å². The van der Waals surface area contributed by atoms with Gasteiger partial charge in [0.25, 0.3) is 0 Å². The molecule has 0 rings (SSSR count). The van der Waals surface area contributed by atoms with E-state index in [-0.39, 0.29) is 0 Å². The first kappa shape index (κ1) is 28.1. The van der Waals surface area contributed by atoms with Gasteiger partial charge in [0.15, 0.2) is 0 Å². The lowest BCUT2D eigenvalue weighted by atomic mass is 10.1. The Hall–Kier alpha value is -0.120. The molecular weight excluding hydrogens is 318 g/mol. The van der Waals surface area contributed by atoms with Crippen LogP contribution in [-0.4, -0.2) is 31.2 Å². The molecule has 3 heteroatoms. The zero-order chi connectivity index (χ0) is 19.7. The van der Waals surface area contributed by atoms with Gasteiger partial charge in [-0.15, -0.1) is 0 Å². The molecule has 0 aliphatic carbocycles. The van der Waals surface area contributed by atoms with Gasteiger partial charge in [0.1, 0.15) is 0 Å². The fourth-order valence-electron chi connectivity index (χ4n) is 2.87. The van der Waals surface area contributed by atoms with Crippen molar-refractivity contribution in [2.45, 2.75) is 124 Å². The second kappa shape index (κ2) is 27.1. The number of rotatable bonds is 19. The van der Waals surface area contributed by atoms with E-state index in [2.05, 4.69) is 38.1 Å². The van der Waals surface area contributed by atoms with E-state index in [9.17, 15) is 0 Å². The first-order chi connectivity index (χ1) is 12.8. The average molecular weight is 372 g/mol. The summed E-state index contributed by atoms with van der Waals surface area (Å²) in [6.45, 7) is 13.4. The van der Waals surface area contributed by atoms with Crippen LogP contribution >= 0.6 is 0 Å². The van der Waals surface area contributed by atoms with E-state index in [1.54, 1.807) is 0 Å². The summed E-state index contributed by atoms with van der Waals surface area (Å²) in [5.74, 6) is 0. The molecule has 0 fully saturated rings. The van der Waals surface area contributed by atoms with Gasteiger partial charge < -0.3 is 5.73 Å². The van der Waals surface area contributed by atoms with Crippen LogP contribution in [0.15, 0.2) is 0 Å². The van der Waals surface area contributed by atoms with Crippen LogP contribution in [0.4, 0.5) is 0 Å². The molecule has 0 spiro atoms. The van der Waals surface area contributed by atoms with Crippen LogP contribution in [0, 0.1) is 0 Å². The molecule has 3 N–H and O–H groups in total. The number of hydrazine groups is 1. The zero-order valence-corrected chi connectivity index (χ0v) is 19.0. The van der Waals surface area contributed by atoms with Crippen molar-refractivity contribution in [1.29, 1.82) is 0 Å². The smallest absolute Gasteiger partial charge is 0.0130 e. The molecule has 0 aromatic heterocycles. The quantitative estimate of drug-likeness (QED) is 0.197. The fraction of sp³-hybridized carbons (Fsp3) is 1.00. The summed E-state index contributed by atoms with van der Waals surface area (Å²) < 4.78 is 0. The molecule has 0 bridgehead atoms. The first-order valence-corrected chi connectivity index (χ1v) is 11.9. The number of nitrogens with one attached hydrogen (secondary N) is 1. The van der Waals surface area contributed by atoms with Gasteiger partial charge in [0.05, 0.1) is 0 Å². The normalized spacial score (nSPS) is 10.8. The Labute approximate surface area is 166 Å². The average Bonchev–Trinajstić information content (AvgIpc) is 2.66. The third-order valence-corrected chi connectivity index (χ3v) is 4.71. The monoisotopic (exact) mass is 371 g/mol. The Kier molecular flexibility index (Phi) is 29.3. The summed E-state index contributed by atoms with van der Waals surface area (Å²) in [6.07, 6.45) is 20.3. The second-order valence-electron chi connectivity index (χ2n) is 7.57. The van der Waals surface area contributed by atoms with E-state index in [4.69, 9.17) is 5.73 Å². The lowest BCUT2D eigenvalue weighted by Crippen LogP contribution is -2.39. The SMILES string of the molecule is CCCCCCCCCCCCN.CCCCN(CCCC)NCCC. The lowest BCUT2D eigenvalue weighted by Gasteiger charge is -2.22. The van der Waals surface area contributed by atoms with Gasteiger partial charge in [-0.3, -0.25) is 5.43 Å². The molecule has 0 saturated heterocycles. The van der Waals surface area contributed by atoms with E-state index in [1.165, 1.54) is 109 Å². The molecule has 0 aliphatic heterocycles. The van der Waals surface area contributed by atoms with Crippen LogP contribution in [0.25, 0.3) is 0 Å². The molecule has 0 aliphatic rings. The van der Waals surface area contributed by atoms with Gasteiger partial charge in [-0.25, -0.2) is 5.01 Å². The highest BCUT2D eigenvalue weighted by atomic mass is 15.5. The molecule has 3 nitrogen and oxygen atoms in total. The minimum absolute atomic E-state index is 0.872. The third-order valence-electron chi connectivity index (χ3n) is 4.71. The van der Waals surface area contributed by atoms with E-state index >= 15 is 0 Å². The highest BCUT2D eigenvalue weighted by Crippen LogP contribution is 2.09. The predicted molar refractivity (Wildman–Crippen MR) is 121 cm³/mol. The molecule has 0 aromatic rings. The molecule has 0 amide bonds. The van der Waals surface area contributed by atoms with Crippen molar-refractivity contribution in [3.05, 3.63) is 0 Å². The molecule has 0 unspecified atom stereocenters. The van der Waals surface area contributed by atoms with E-state index in [1.807, 2.05) is 0 Å². The van der Waals surface area contributed by atoms with Gasteiger partial charge >= 0.3 is 0 Å². The van der Waals surface area contributed by atoms with Crippen LogP contribution < -0.4 is 11.2 Å². The van der Waals surface area contributed by atoms with Crippen molar-refractivity contribution in [3.63, 3.8) is 0 Å². The number of hydrogen-bond acceptors (Lipinski definition) is 3. The van der Waals surface area contributed by atoms with E-state index in [0.29, 0.717) is 0 Å². The second-order valence-corrected chi connectivity index (χ2v) is 7.57. The minimum Gasteiger partial charge on any atom is -0.330 e. The van der Waals surface area contributed by atoms with E-state index in [0.717, 1.165) is 13.1 Å². The zero-order valence-electron chi connectivity index (χ0n) is 19.0. The lowest BCUT2D eigenvalue weighted by molar-refractivity contribution is 0.182. The third kappa shape index (κ3) is 26.1. The minimum atomic E-state index is 0.872. The Morgan fingerprint density at radius 3 is 1.35 bits per heavy atom. The van der Waals surface area contributed by atoms with Crippen LogP contribution in [0.1, 0.15) is 124 Å². The summed E-state index contributed by atoms with van der Waals surface area (Å²) in [5.41, 5.74) is 8.90. The molecule has 26 heavy (non-hydrogen) atoms. The van der Waals surface area contributed by atoms with Gasteiger partial charge in [0.2, 0.25) is 0 Å². The van der Waals surface area contributed by atoms with Crippen LogP contribution in [-0.2, 0) is 0 Å². The largest absolute Gasteiger partial charge is 0.330 e.